The fourth-order valence-electron chi connectivity index (χ4n) is 2.87. The third-order valence-electron chi connectivity index (χ3n) is 4.73. The quantitative estimate of drug-likeness (QED) is 0.567. The van der Waals surface area contributed by atoms with Gasteiger partial charge in [0.1, 0.15) is 11.8 Å². The second-order valence-electron chi connectivity index (χ2n) is 6.99. The molecule has 0 saturated heterocycles. The normalized spacial score (nSPS) is 12.4. The van der Waals surface area contributed by atoms with Crippen LogP contribution >= 0.6 is 0 Å². The number of carbonyl (C=O) groups is 2. The predicted molar refractivity (Wildman–Crippen MR) is 106 cm³/mol. The number of carbonyl (C=O) groups excluding carboxylic acids is 1. The first-order chi connectivity index (χ1) is 15.0. The Morgan fingerprint density at radius 3 is 2.59 bits per heavy atom. The van der Waals surface area contributed by atoms with Gasteiger partial charge in [0.05, 0.1) is 22.6 Å². The number of aromatic nitrogens is 4. The molecule has 1 aromatic carbocycles. The minimum atomic E-state index is -4.48. The van der Waals surface area contributed by atoms with Gasteiger partial charge in [-0.25, -0.2) is 9.48 Å². The number of carboxylic acids is 1. The zero-order valence-electron chi connectivity index (χ0n) is 17.3. The number of hydrogen-bond donors (Lipinski definition) is 2. The minimum Gasteiger partial charge on any atom is -0.480 e. The van der Waals surface area contributed by atoms with Crippen molar-refractivity contribution in [2.24, 2.45) is 0 Å². The van der Waals surface area contributed by atoms with Crippen molar-refractivity contribution in [1.29, 1.82) is 0 Å². The van der Waals surface area contributed by atoms with Gasteiger partial charge >= 0.3 is 12.1 Å². The van der Waals surface area contributed by atoms with Crippen molar-refractivity contribution in [3.8, 4) is 5.75 Å². The number of hydrogen-bond acceptors (Lipinski definition) is 5. The second kappa shape index (κ2) is 8.73. The Kier molecular flexibility index (Phi) is 6.23. The molecule has 0 bridgehead atoms. The molecule has 170 valence electrons. The van der Waals surface area contributed by atoms with Gasteiger partial charge < -0.3 is 15.2 Å². The number of halogens is 3. The highest BCUT2D eigenvalue weighted by Crippen LogP contribution is 2.31. The van der Waals surface area contributed by atoms with Crippen LogP contribution in [0.3, 0.4) is 0 Å². The van der Waals surface area contributed by atoms with E-state index in [0.717, 1.165) is 16.8 Å². The van der Waals surface area contributed by atoms with Crippen LogP contribution in [0.4, 0.5) is 18.9 Å². The summed E-state index contributed by atoms with van der Waals surface area (Å²) in [5.41, 5.74) is 0.560. The maximum Gasteiger partial charge on any atom is 0.416 e. The maximum atomic E-state index is 12.8. The van der Waals surface area contributed by atoms with Gasteiger partial charge in [-0.1, -0.05) is 6.07 Å². The number of nitrogens with one attached hydrogen (secondary N) is 1. The van der Waals surface area contributed by atoms with Gasteiger partial charge in [-0.3, -0.25) is 9.48 Å². The number of nitrogens with zero attached hydrogens (tertiary/aromatic N) is 4. The fraction of sp³-hybridized carbons (Fsp3) is 0.300. The number of anilines is 1. The number of amides is 1. The van der Waals surface area contributed by atoms with E-state index >= 15 is 0 Å². The van der Waals surface area contributed by atoms with Crippen molar-refractivity contribution < 1.29 is 32.6 Å². The summed E-state index contributed by atoms with van der Waals surface area (Å²) in [6.07, 6.45) is -3.09. The van der Waals surface area contributed by atoms with Gasteiger partial charge in [-0.05, 0) is 45.0 Å². The Hall–Kier alpha value is -3.83. The maximum absolute atomic E-state index is 12.8. The largest absolute Gasteiger partial charge is 0.480 e. The Balaban J connectivity index is 1.71. The number of ether oxygens (including phenoxy) is 1. The Morgan fingerprint density at radius 2 is 1.94 bits per heavy atom. The smallest absolute Gasteiger partial charge is 0.416 e. The van der Waals surface area contributed by atoms with Crippen molar-refractivity contribution in [2.45, 2.75) is 39.7 Å². The van der Waals surface area contributed by atoms with E-state index in [-0.39, 0.29) is 18.2 Å². The SMILES string of the molecule is Cc1nn(COc2cccc(C(F)(F)F)c2)c(C)c1NC(=O)c1ccn(C(C)C(=O)O)n1. The molecule has 0 fully saturated rings. The molecule has 0 saturated carbocycles. The summed E-state index contributed by atoms with van der Waals surface area (Å²) in [6.45, 7) is 4.57. The van der Waals surface area contributed by atoms with Crippen molar-refractivity contribution in [2.75, 3.05) is 5.32 Å². The predicted octanol–water partition coefficient (Wildman–Crippen LogP) is 3.65. The van der Waals surface area contributed by atoms with Crippen LogP contribution in [-0.4, -0.2) is 36.5 Å². The third kappa shape index (κ3) is 4.90. The van der Waals surface area contributed by atoms with E-state index in [9.17, 15) is 22.8 Å². The molecule has 0 spiro atoms. The summed E-state index contributed by atoms with van der Waals surface area (Å²) < 4.78 is 46.5. The Labute approximate surface area is 180 Å². The van der Waals surface area contributed by atoms with Crippen LogP contribution < -0.4 is 10.1 Å². The van der Waals surface area contributed by atoms with Gasteiger partial charge in [0, 0.05) is 6.20 Å². The first kappa shape index (κ1) is 22.8. The molecular weight excluding hydrogens is 431 g/mol. The highest BCUT2D eigenvalue weighted by atomic mass is 19.4. The molecule has 2 aromatic heterocycles. The average Bonchev–Trinajstić information content (AvgIpc) is 3.32. The van der Waals surface area contributed by atoms with Gasteiger partial charge in [0.2, 0.25) is 0 Å². The first-order valence-corrected chi connectivity index (χ1v) is 9.40. The van der Waals surface area contributed by atoms with E-state index in [2.05, 4.69) is 15.5 Å². The summed E-state index contributed by atoms with van der Waals surface area (Å²) in [4.78, 5) is 23.6. The standard InChI is InChI=1S/C20H20F3N5O4/c1-11-17(24-18(29)16-7-8-27(26-16)13(3)19(30)31)12(2)28(25-11)10-32-15-6-4-5-14(9-15)20(21,22)23/h4-9,13H,10H2,1-3H3,(H,24,29)(H,30,31). The molecule has 1 amide bonds. The summed E-state index contributed by atoms with van der Waals surface area (Å²) in [5, 5.41) is 19.9. The van der Waals surface area contributed by atoms with Crippen molar-refractivity contribution >= 4 is 17.6 Å². The summed E-state index contributed by atoms with van der Waals surface area (Å²) in [5.74, 6) is -1.63. The van der Waals surface area contributed by atoms with Gasteiger partial charge in [-0.2, -0.15) is 23.4 Å². The average molecular weight is 451 g/mol. The van der Waals surface area contributed by atoms with Crippen molar-refractivity contribution in [3.05, 3.63) is 59.2 Å². The van der Waals surface area contributed by atoms with Crippen molar-refractivity contribution in [1.82, 2.24) is 19.6 Å². The number of carboxylic acid groups (broad SMARTS) is 1. The van der Waals surface area contributed by atoms with E-state index in [4.69, 9.17) is 9.84 Å². The van der Waals surface area contributed by atoms with E-state index in [1.165, 1.54) is 36.0 Å². The lowest BCUT2D eigenvalue weighted by Gasteiger charge is -2.11. The topological polar surface area (TPSA) is 111 Å². The zero-order valence-corrected chi connectivity index (χ0v) is 17.3. The monoisotopic (exact) mass is 451 g/mol. The number of rotatable bonds is 7. The van der Waals surface area contributed by atoms with Crippen molar-refractivity contribution in [3.63, 3.8) is 0 Å². The number of benzene rings is 1. The number of aliphatic carboxylic acids is 1. The number of aryl methyl sites for hydroxylation is 1. The van der Waals surface area contributed by atoms with Crippen LogP contribution in [0.15, 0.2) is 36.5 Å². The van der Waals surface area contributed by atoms with Gasteiger partial charge in [0.25, 0.3) is 5.91 Å². The minimum absolute atomic E-state index is 0.0184. The summed E-state index contributed by atoms with van der Waals surface area (Å²) in [7, 11) is 0. The first-order valence-electron chi connectivity index (χ1n) is 9.40. The molecule has 0 radical (unpaired) electrons. The third-order valence-corrected chi connectivity index (χ3v) is 4.73. The molecule has 3 aromatic rings. The molecule has 2 heterocycles. The molecule has 0 aliphatic rings. The molecular formula is C20H20F3N5O4. The zero-order chi connectivity index (χ0) is 23.6. The molecule has 12 heteroatoms. The highest BCUT2D eigenvalue weighted by molar-refractivity contribution is 6.03. The molecule has 0 aliphatic heterocycles. The van der Waals surface area contributed by atoms with Gasteiger partial charge in [-0.15, -0.1) is 0 Å². The van der Waals surface area contributed by atoms with E-state index in [0.29, 0.717) is 17.1 Å². The molecule has 2 N–H and O–H groups in total. The molecule has 3 rings (SSSR count). The molecule has 9 nitrogen and oxygen atoms in total. The lowest BCUT2D eigenvalue weighted by atomic mass is 10.2. The summed E-state index contributed by atoms with van der Waals surface area (Å²) in [6, 6.07) is 4.94. The Morgan fingerprint density at radius 1 is 1.22 bits per heavy atom. The fourth-order valence-corrected chi connectivity index (χ4v) is 2.87. The lowest BCUT2D eigenvalue weighted by molar-refractivity contribution is -0.140. The van der Waals surface area contributed by atoms with Crippen LogP contribution in [0, 0.1) is 13.8 Å². The van der Waals surface area contributed by atoms with E-state index in [1.54, 1.807) is 13.8 Å². The molecule has 1 atom stereocenters. The molecule has 1 unspecified atom stereocenters. The van der Waals surface area contributed by atoms with E-state index < -0.39 is 29.7 Å². The molecule has 0 aliphatic carbocycles. The van der Waals surface area contributed by atoms with Crippen LogP contribution in [0.1, 0.15) is 40.4 Å². The van der Waals surface area contributed by atoms with Crippen LogP contribution in [0.2, 0.25) is 0 Å². The van der Waals surface area contributed by atoms with Crippen LogP contribution in [-0.2, 0) is 17.7 Å². The lowest BCUT2D eigenvalue weighted by Crippen LogP contribution is -2.18. The second-order valence-corrected chi connectivity index (χ2v) is 6.99. The summed E-state index contributed by atoms with van der Waals surface area (Å²) >= 11 is 0. The number of alkyl halides is 3. The van der Waals surface area contributed by atoms with Gasteiger partial charge in [0.15, 0.2) is 12.4 Å². The van der Waals surface area contributed by atoms with Crippen LogP contribution in [0.5, 0.6) is 5.75 Å². The van der Waals surface area contributed by atoms with E-state index in [1.807, 2.05) is 0 Å². The Bertz CT molecular complexity index is 1150. The van der Waals surface area contributed by atoms with Crippen LogP contribution in [0.25, 0.3) is 0 Å². The highest BCUT2D eigenvalue weighted by Gasteiger charge is 2.30. The molecule has 32 heavy (non-hydrogen) atoms.